The van der Waals surface area contributed by atoms with Crippen molar-refractivity contribution >= 4 is 21.7 Å². The van der Waals surface area contributed by atoms with Crippen LogP contribution >= 0.6 is 15.9 Å². The van der Waals surface area contributed by atoms with E-state index in [0.717, 1.165) is 10.9 Å². The number of hydrogen-bond acceptors (Lipinski definition) is 3. The van der Waals surface area contributed by atoms with Crippen molar-refractivity contribution in [2.75, 3.05) is 5.32 Å². The molecular formula is C10H12BrN3. The molecule has 0 fully saturated rings. The number of anilines is 1. The van der Waals surface area contributed by atoms with Crippen LogP contribution in [0.2, 0.25) is 0 Å². The van der Waals surface area contributed by atoms with Crippen molar-refractivity contribution in [3.05, 3.63) is 22.3 Å². The molecule has 0 aliphatic heterocycles. The molecule has 3 nitrogen and oxygen atoms in total. The average molecular weight is 254 g/mol. The van der Waals surface area contributed by atoms with Crippen molar-refractivity contribution in [3.8, 4) is 6.07 Å². The fourth-order valence-electron chi connectivity index (χ4n) is 0.975. The smallest absolute Gasteiger partial charge is 0.144 e. The van der Waals surface area contributed by atoms with Crippen LogP contribution in [0, 0.1) is 11.3 Å². The number of nitrogens with one attached hydrogen (secondary N) is 1. The summed E-state index contributed by atoms with van der Waals surface area (Å²) in [5, 5.41) is 12.1. The van der Waals surface area contributed by atoms with Gasteiger partial charge in [-0.05, 0) is 35.3 Å². The van der Waals surface area contributed by atoms with E-state index in [1.54, 1.807) is 12.3 Å². The molecule has 1 heterocycles. The van der Waals surface area contributed by atoms with Crippen LogP contribution in [0.4, 0.5) is 5.82 Å². The molecule has 74 valence electrons. The molecule has 0 aliphatic carbocycles. The minimum atomic E-state index is 0.329. The van der Waals surface area contributed by atoms with Gasteiger partial charge in [0, 0.05) is 16.7 Å². The number of pyridine rings is 1. The third kappa shape index (κ3) is 2.71. The summed E-state index contributed by atoms with van der Waals surface area (Å²) in [7, 11) is 0. The molecule has 1 aromatic heterocycles. The molecular weight excluding hydrogens is 242 g/mol. The summed E-state index contributed by atoms with van der Waals surface area (Å²) in [6, 6.07) is 4.20. The van der Waals surface area contributed by atoms with E-state index < -0.39 is 0 Å². The topological polar surface area (TPSA) is 48.7 Å². The molecule has 1 unspecified atom stereocenters. The second kappa shape index (κ2) is 4.97. The maximum absolute atomic E-state index is 8.88. The molecule has 0 aliphatic rings. The molecule has 1 atom stereocenters. The number of halogens is 1. The minimum absolute atomic E-state index is 0.329. The van der Waals surface area contributed by atoms with Gasteiger partial charge in [0.25, 0.3) is 0 Å². The summed E-state index contributed by atoms with van der Waals surface area (Å²) in [6.07, 6.45) is 2.69. The largest absolute Gasteiger partial charge is 0.367 e. The van der Waals surface area contributed by atoms with Gasteiger partial charge in [0.05, 0.1) is 5.56 Å². The van der Waals surface area contributed by atoms with E-state index in [0.29, 0.717) is 17.4 Å². The number of aromatic nitrogens is 1. The first-order valence-corrected chi connectivity index (χ1v) is 5.28. The van der Waals surface area contributed by atoms with E-state index in [1.165, 1.54) is 0 Å². The zero-order valence-corrected chi connectivity index (χ0v) is 9.80. The van der Waals surface area contributed by atoms with Crippen LogP contribution in [0.15, 0.2) is 16.7 Å². The van der Waals surface area contributed by atoms with E-state index in [4.69, 9.17) is 5.26 Å². The van der Waals surface area contributed by atoms with Gasteiger partial charge in [0.15, 0.2) is 0 Å². The lowest BCUT2D eigenvalue weighted by molar-refractivity contribution is 0.758. The minimum Gasteiger partial charge on any atom is -0.367 e. The number of nitriles is 1. The van der Waals surface area contributed by atoms with Gasteiger partial charge in [-0.3, -0.25) is 0 Å². The lowest BCUT2D eigenvalue weighted by atomic mass is 10.2. The second-order valence-electron chi connectivity index (χ2n) is 3.12. The number of hydrogen-bond donors (Lipinski definition) is 1. The monoisotopic (exact) mass is 253 g/mol. The third-order valence-electron chi connectivity index (χ3n) is 1.97. The predicted octanol–water partition coefficient (Wildman–Crippen LogP) is 2.93. The average Bonchev–Trinajstić information content (AvgIpc) is 2.20. The second-order valence-corrected chi connectivity index (χ2v) is 4.03. The highest BCUT2D eigenvalue weighted by atomic mass is 79.9. The Morgan fingerprint density at radius 2 is 2.43 bits per heavy atom. The zero-order chi connectivity index (χ0) is 10.6. The molecule has 1 rings (SSSR count). The Morgan fingerprint density at radius 1 is 1.71 bits per heavy atom. The highest BCUT2D eigenvalue weighted by Gasteiger charge is 2.06. The molecule has 1 N–H and O–H groups in total. The molecule has 0 aromatic carbocycles. The van der Waals surface area contributed by atoms with E-state index in [-0.39, 0.29) is 0 Å². The molecule has 4 heteroatoms. The van der Waals surface area contributed by atoms with E-state index in [2.05, 4.69) is 46.1 Å². The standard InChI is InChI=1S/C10H12BrN3/c1-3-7(2)14-10-8(5-12)4-9(11)6-13-10/h4,6-7H,3H2,1-2H3,(H,13,14). The Kier molecular flexibility index (Phi) is 3.90. The lowest BCUT2D eigenvalue weighted by Crippen LogP contribution is -2.15. The Labute approximate surface area is 92.3 Å². The first kappa shape index (κ1) is 11.0. The summed E-state index contributed by atoms with van der Waals surface area (Å²) in [6.45, 7) is 4.15. The molecule has 0 saturated carbocycles. The van der Waals surface area contributed by atoms with Crippen molar-refractivity contribution in [1.29, 1.82) is 5.26 Å². The van der Waals surface area contributed by atoms with Gasteiger partial charge >= 0.3 is 0 Å². The molecule has 0 saturated heterocycles. The van der Waals surface area contributed by atoms with Crippen LogP contribution in [0.3, 0.4) is 0 Å². The Bertz CT molecular complexity index is 357. The predicted molar refractivity (Wildman–Crippen MR) is 60.0 cm³/mol. The number of nitrogens with zero attached hydrogens (tertiary/aromatic N) is 2. The van der Waals surface area contributed by atoms with Crippen molar-refractivity contribution < 1.29 is 0 Å². The van der Waals surface area contributed by atoms with Gasteiger partial charge in [0.1, 0.15) is 11.9 Å². The van der Waals surface area contributed by atoms with Crippen LogP contribution in [-0.2, 0) is 0 Å². The van der Waals surface area contributed by atoms with Gasteiger partial charge in [-0.15, -0.1) is 0 Å². The first-order chi connectivity index (χ1) is 6.67. The highest BCUT2D eigenvalue weighted by Crippen LogP contribution is 2.17. The Hall–Kier alpha value is -1.08. The summed E-state index contributed by atoms with van der Waals surface area (Å²) in [5.41, 5.74) is 0.569. The zero-order valence-electron chi connectivity index (χ0n) is 8.21. The highest BCUT2D eigenvalue weighted by molar-refractivity contribution is 9.10. The van der Waals surface area contributed by atoms with E-state index >= 15 is 0 Å². The SMILES string of the molecule is CCC(C)Nc1ncc(Br)cc1C#N. The third-order valence-corrected chi connectivity index (χ3v) is 2.40. The van der Waals surface area contributed by atoms with Crippen LogP contribution in [0.5, 0.6) is 0 Å². The fraction of sp³-hybridized carbons (Fsp3) is 0.400. The van der Waals surface area contributed by atoms with Crippen molar-refractivity contribution in [2.24, 2.45) is 0 Å². The molecule has 0 amide bonds. The quantitative estimate of drug-likeness (QED) is 0.902. The Balaban J connectivity index is 2.92. The normalized spacial score (nSPS) is 11.9. The van der Waals surface area contributed by atoms with Gasteiger partial charge in [0.2, 0.25) is 0 Å². The molecule has 0 bridgehead atoms. The van der Waals surface area contributed by atoms with Crippen molar-refractivity contribution in [1.82, 2.24) is 4.98 Å². The van der Waals surface area contributed by atoms with Gasteiger partial charge < -0.3 is 5.32 Å². The molecule has 14 heavy (non-hydrogen) atoms. The fourth-order valence-corrected chi connectivity index (χ4v) is 1.31. The van der Waals surface area contributed by atoms with Crippen LogP contribution in [0.25, 0.3) is 0 Å². The molecule has 0 radical (unpaired) electrons. The molecule has 0 spiro atoms. The maximum Gasteiger partial charge on any atom is 0.144 e. The number of rotatable bonds is 3. The summed E-state index contributed by atoms with van der Waals surface area (Å²) in [5.74, 6) is 0.657. The van der Waals surface area contributed by atoms with Gasteiger partial charge in [-0.25, -0.2) is 4.98 Å². The maximum atomic E-state index is 8.88. The van der Waals surface area contributed by atoms with E-state index in [9.17, 15) is 0 Å². The van der Waals surface area contributed by atoms with Crippen LogP contribution < -0.4 is 5.32 Å². The van der Waals surface area contributed by atoms with Crippen LogP contribution in [0.1, 0.15) is 25.8 Å². The first-order valence-electron chi connectivity index (χ1n) is 4.49. The van der Waals surface area contributed by atoms with Crippen LogP contribution in [-0.4, -0.2) is 11.0 Å². The lowest BCUT2D eigenvalue weighted by Gasteiger charge is -2.12. The molecule has 1 aromatic rings. The summed E-state index contributed by atoms with van der Waals surface area (Å²) in [4.78, 5) is 4.16. The van der Waals surface area contributed by atoms with Gasteiger partial charge in [-0.2, -0.15) is 5.26 Å². The van der Waals surface area contributed by atoms with Gasteiger partial charge in [-0.1, -0.05) is 6.92 Å². The Morgan fingerprint density at radius 3 is 3.00 bits per heavy atom. The summed E-state index contributed by atoms with van der Waals surface area (Å²) >= 11 is 3.28. The van der Waals surface area contributed by atoms with Crippen molar-refractivity contribution in [2.45, 2.75) is 26.3 Å². The van der Waals surface area contributed by atoms with Crippen molar-refractivity contribution in [3.63, 3.8) is 0 Å². The van der Waals surface area contributed by atoms with E-state index in [1.807, 2.05) is 0 Å². The summed E-state index contributed by atoms with van der Waals surface area (Å²) < 4.78 is 0.823.